The van der Waals surface area contributed by atoms with E-state index in [0.29, 0.717) is 12.3 Å². The summed E-state index contributed by atoms with van der Waals surface area (Å²) in [5, 5.41) is 3.21. The normalized spacial score (nSPS) is 18.2. The third kappa shape index (κ3) is 5.39. The zero-order chi connectivity index (χ0) is 24.5. The lowest BCUT2D eigenvalue weighted by atomic mass is 10.0. The molecule has 3 aromatic rings. The molecule has 1 amide bonds. The van der Waals surface area contributed by atoms with Crippen LogP contribution in [0.3, 0.4) is 0 Å². The van der Waals surface area contributed by atoms with Crippen LogP contribution in [0.4, 0.5) is 0 Å². The van der Waals surface area contributed by atoms with Crippen LogP contribution < -0.4 is 5.32 Å². The summed E-state index contributed by atoms with van der Waals surface area (Å²) >= 11 is 1.39. The Labute approximate surface area is 206 Å². The number of thioether (sulfide) groups is 1. The van der Waals surface area contributed by atoms with Gasteiger partial charge in [-0.15, -0.1) is 0 Å². The minimum Gasteiger partial charge on any atom is -0.351 e. The summed E-state index contributed by atoms with van der Waals surface area (Å²) < 4.78 is 25.7. The Morgan fingerprint density at radius 1 is 1.12 bits per heavy atom. The third-order valence-electron chi connectivity index (χ3n) is 6.11. The summed E-state index contributed by atoms with van der Waals surface area (Å²) in [6.07, 6.45) is 2.33. The Kier molecular flexibility index (Phi) is 7.19. The molecule has 1 aromatic heterocycles. The van der Waals surface area contributed by atoms with Gasteiger partial charge in [0.2, 0.25) is 5.91 Å². The number of hydrogen-bond acceptors (Lipinski definition) is 5. The number of nitrogens with one attached hydrogen (secondary N) is 1. The molecular weight excluding hydrogens is 466 g/mol. The van der Waals surface area contributed by atoms with Crippen LogP contribution >= 0.6 is 11.8 Å². The predicted molar refractivity (Wildman–Crippen MR) is 138 cm³/mol. The maximum Gasteiger partial charge on any atom is 0.233 e. The number of hydrogen-bond donors (Lipinski definition) is 1. The summed E-state index contributed by atoms with van der Waals surface area (Å²) in [4.78, 5) is 17.6. The molecule has 8 heteroatoms. The number of aromatic nitrogens is 2. The number of nitrogens with zero attached hydrogens (tertiary/aromatic N) is 2. The Balaban J connectivity index is 1.68. The van der Waals surface area contributed by atoms with E-state index >= 15 is 0 Å². The Bertz CT molecular complexity index is 1280. The summed E-state index contributed by atoms with van der Waals surface area (Å²) in [7, 11) is -3.05. The van der Waals surface area contributed by atoms with Crippen LogP contribution in [0.15, 0.2) is 59.9 Å². The molecule has 1 saturated heterocycles. The van der Waals surface area contributed by atoms with E-state index in [1.165, 1.54) is 22.9 Å². The number of aryl methyl sites for hydroxylation is 1. The molecule has 2 heterocycles. The van der Waals surface area contributed by atoms with Crippen molar-refractivity contribution in [3.05, 3.63) is 65.9 Å². The van der Waals surface area contributed by atoms with Crippen LogP contribution in [0.2, 0.25) is 0 Å². The van der Waals surface area contributed by atoms with Crippen molar-refractivity contribution in [2.75, 3.05) is 11.5 Å². The average molecular weight is 498 g/mol. The molecular formula is C26H31N3O3S2. The van der Waals surface area contributed by atoms with Gasteiger partial charge in [0.25, 0.3) is 0 Å². The minimum atomic E-state index is -3.05. The molecule has 34 heavy (non-hydrogen) atoms. The number of carbonyl (C=O) groups is 1. The molecule has 1 aliphatic heterocycles. The molecule has 0 aliphatic carbocycles. The first-order chi connectivity index (χ1) is 16.1. The van der Waals surface area contributed by atoms with Gasteiger partial charge in [0.05, 0.1) is 34.3 Å². The first kappa shape index (κ1) is 24.5. The summed E-state index contributed by atoms with van der Waals surface area (Å²) in [6, 6.07) is 16.3. The fraction of sp³-hybridized carbons (Fsp3) is 0.385. The van der Waals surface area contributed by atoms with Gasteiger partial charge in [0.1, 0.15) is 0 Å². The highest BCUT2D eigenvalue weighted by molar-refractivity contribution is 8.00. The van der Waals surface area contributed by atoms with Crippen molar-refractivity contribution in [3.8, 4) is 16.9 Å². The molecule has 180 valence electrons. The van der Waals surface area contributed by atoms with E-state index < -0.39 is 15.1 Å². The van der Waals surface area contributed by atoms with Crippen molar-refractivity contribution in [3.63, 3.8) is 0 Å². The Morgan fingerprint density at radius 2 is 1.82 bits per heavy atom. The first-order valence-electron chi connectivity index (χ1n) is 11.6. The summed E-state index contributed by atoms with van der Waals surface area (Å²) in [5.41, 5.74) is 5.44. The number of rotatable bonds is 7. The Hall–Kier alpha value is -2.58. The van der Waals surface area contributed by atoms with Crippen molar-refractivity contribution in [2.45, 2.75) is 56.5 Å². The van der Waals surface area contributed by atoms with Crippen molar-refractivity contribution in [1.82, 2.24) is 14.9 Å². The first-order valence-corrected chi connectivity index (χ1v) is 14.3. The zero-order valence-electron chi connectivity index (χ0n) is 20.0. The molecule has 0 unspecified atom stereocenters. The number of sulfone groups is 1. The van der Waals surface area contributed by atoms with Crippen LogP contribution in [0.5, 0.6) is 0 Å². The van der Waals surface area contributed by atoms with E-state index in [0.717, 1.165) is 22.1 Å². The molecule has 0 radical (unpaired) electrons. The molecule has 1 aliphatic rings. The van der Waals surface area contributed by atoms with E-state index in [2.05, 4.69) is 67.1 Å². The second-order valence-electron chi connectivity index (χ2n) is 9.21. The van der Waals surface area contributed by atoms with Crippen molar-refractivity contribution in [2.24, 2.45) is 0 Å². The maximum atomic E-state index is 12.9. The lowest BCUT2D eigenvalue weighted by Gasteiger charge is -2.20. The number of imidazole rings is 1. The topological polar surface area (TPSA) is 81.1 Å². The van der Waals surface area contributed by atoms with Gasteiger partial charge in [-0.2, -0.15) is 0 Å². The van der Waals surface area contributed by atoms with Crippen LogP contribution in [0, 0.1) is 6.92 Å². The molecule has 4 rings (SSSR count). The van der Waals surface area contributed by atoms with Gasteiger partial charge in [-0.1, -0.05) is 73.6 Å². The summed E-state index contributed by atoms with van der Waals surface area (Å²) in [5.74, 6) is 0.294. The van der Waals surface area contributed by atoms with Crippen LogP contribution in [-0.2, 0) is 14.6 Å². The molecule has 2 atom stereocenters. The zero-order valence-corrected chi connectivity index (χ0v) is 21.6. The van der Waals surface area contributed by atoms with Gasteiger partial charge < -0.3 is 5.32 Å². The van der Waals surface area contributed by atoms with Crippen molar-refractivity contribution < 1.29 is 13.2 Å². The highest BCUT2D eigenvalue weighted by atomic mass is 32.2. The van der Waals surface area contributed by atoms with Crippen LogP contribution in [-0.4, -0.2) is 46.7 Å². The smallest absolute Gasteiger partial charge is 0.233 e. The standard InChI is InChI=1S/C26H31N3O3S2/c1-17(2)22-7-5-6-8-23(22)29-24(20-11-9-18(3)10-12-20)15-27-26(29)33-19(4)25(30)28-21-13-14-34(31,32)16-21/h5-12,15,17,19,21H,13-14,16H2,1-4H3,(H,28,30)/t19-,21+/m1/s1. The second-order valence-corrected chi connectivity index (χ2v) is 12.7. The Morgan fingerprint density at radius 3 is 2.47 bits per heavy atom. The van der Waals surface area contributed by atoms with E-state index in [-0.39, 0.29) is 23.5 Å². The SMILES string of the molecule is Cc1ccc(-c2cnc(S[C@H](C)C(=O)N[C@H]3CCS(=O)(=O)C3)n2-c2ccccc2C(C)C)cc1. The predicted octanol–water partition coefficient (Wildman–Crippen LogP) is 4.76. The highest BCUT2D eigenvalue weighted by Gasteiger charge is 2.31. The van der Waals surface area contributed by atoms with Gasteiger partial charge in [-0.25, -0.2) is 13.4 Å². The maximum absolute atomic E-state index is 12.9. The van der Waals surface area contributed by atoms with Gasteiger partial charge >= 0.3 is 0 Å². The lowest BCUT2D eigenvalue weighted by molar-refractivity contribution is -0.120. The molecule has 0 spiro atoms. The summed E-state index contributed by atoms with van der Waals surface area (Å²) in [6.45, 7) is 8.23. The fourth-order valence-electron chi connectivity index (χ4n) is 4.20. The molecule has 1 N–H and O–H groups in total. The number of amides is 1. The van der Waals surface area contributed by atoms with Gasteiger partial charge in [0.15, 0.2) is 15.0 Å². The fourth-order valence-corrected chi connectivity index (χ4v) is 6.78. The third-order valence-corrected chi connectivity index (χ3v) is 8.94. The van der Waals surface area contributed by atoms with Crippen molar-refractivity contribution in [1.29, 1.82) is 0 Å². The van der Waals surface area contributed by atoms with Gasteiger partial charge in [-0.3, -0.25) is 9.36 Å². The quantitative estimate of drug-likeness (QED) is 0.476. The highest BCUT2D eigenvalue weighted by Crippen LogP contribution is 2.35. The molecule has 2 aromatic carbocycles. The minimum absolute atomic E-state index is 0.0179. The molecule has 6 nitrogen and oxygen atoms in total. The molecule has 1 fully saturated rings. The van der Waals surface area contributed by atoms with Gasteiger partial charge in [-0.05, 0) is 37.8 Å². The molecule has 0 bridgehead atoms. The largest absolute Gasteiger partial charge is 0.351 e. The number of benzene rings is 2. The van der Waals surface area contributed by atoms with E-state index in [9.17, 15) is 13.2 Å². The van der Waals surface area contributed by atoms with Crippen LogP contribution in [0.1, 0.15) is 44.2 Å². The van der Waals surface area contributed by atoms with Crippen molar-refractivity contribution >= 4 is 27.5 Å². The second kappa shape index (κ2) is 9.96. The number of carbonyl (C=O) groups excluding carboxylic acids is 1. The van der Waals surface area contributed by atoms with E-state index in [1.807, 2.05) is 25.3 Å². The number of para-hydroxylation sites is 1. The average Bonchev–Trinajstić information content (AvgIpc) is 3.36. The molecule has 0 saturated carbocycles. The van der Waals surface area contributed by atoms with Gasteiger partial charge in [0, 0.05) is 11.6 Å². The monoisotopic (exact) mass is 497 g/mol. The van der Waals surface area contributed by atoms with E-state index in [4.69, 9.17) is 4.98 Å². The van der Waals surface area contributed by atoms with E-state index in [1.54, 1.807) is 0 Å². The lowest BCUT2D eigenvalue weighted by Crippen LogP contribution is -2.40. The van der Waals surface area contributed by atoms with Crippen LogP contribution in [0.25, 0.3) is 16.9 Å².